The van der Waals surface area contributed by atoms with Crippen LogP contribution in [0.15, 0.2) is 30.3 Å². The zero-order valence-corrected chi connectivity index (χ0v) is 10.5. The van der Waals surface area contributed by atoms with E-state index in [1.807, 2.05) is 30.3 Å². The van der Waals surface area contributed by atoms with Crippen LogP contribution in [0.3, 0.4) is 0 Å². The molecular formula is C12H15NO4S. The third kappa shape index (κ3) is 5.70. The predicted molar refractivity (Wildman–Crippen MR) is 69.3 cm³/mol. The molecule has 1 aromatic rings. The maximum atomic E-state index is 11.3. The topological polar surface area (TPSA) is 86.6 Å². The van der Waals surface area contributed by atoms with E-state index in [0.29, 0.717) is 0 Å². The molecule has 1 rings (SSSR count). The molecule has 0 spiro atoms. The van der Waals surface area contributed by atoms with Crippen LogP contribution in [0, 0.1) is 0 Å². The Kier molecular flexibility index (Phi) is 6.24. The molecule has 98 valence electrons. The van der Waals surface area contributed by atoms with Crippen molar-refractivity contribution < 1.29 is 19.8 Å². The van der Waals surface area contributed by atoms with Crippen LogP contribution < -0.4 is 5.32 Å². The Morgan fingerprint density at radius 2 is 1.94 bits per heavy atom. The van der Waals surface area contributed by atoms with Crippen molar-refractivity contribution in [3.05, 3.63) is 35.9 Å². The number of hydrogen-bond acceptors (Lipinski definition) is 4. The van der Waals surface area contributed by atoms with Gasteiger partial charge in [-0.25, -0.2) is 4.79 Å². The quantitative estimate of drug-likeness (QED) is 0.670. The summed E-state index contributed by atoms with van der Waals surface area (Å²) in [5.41, 5.74) is 1.13. The van der Waals surface area contributed by atoms with Crippen LogP contribution in [0.2, 0.25) is 0 Å². The Balaban J connectivity index is 2.16. The summed E-state index contributed by atoms with van der Waals surface area (Å²) in [5, 5.41) is 19.7. The predicted octanol–water partition coefficient (Wildman–Crippen LogP) is 0.482. The lowest BCUT2D eigenvalue weighted by Crippen LogP contribution is -2.37. The number of aliphatic hydroxyl groups excluding tert-OH is 1. The maximum Gasteiger partial charge on any atom is 0.334 e. The number of carbonyl (C=O) groups is 2. The number of amides is 1. The van der Waals surface area contributed by atoms with Gasteiger partial charge in [0.2, 0.25) is 5.91 Å². The Morgan fingerprint density at radius 3 is 2.56 bits per heavy atom. The van der Waals surface area contributed by atoms with Crippen LogP contribution in [0.4, 0.5) is 0 Å². The highest BCUT2D eigenvalue weighted by atomic mass is 32.2. The molecule has 5 nitrogen and oxygen atoms in total. The van der Waals surface area contributed by atoms with Crippen molar-refractivity contribution in [3.8, 4) is 0 Å². The maximum absolute atomic E-state index is 11.3. The normalized spacial score (nSPS) is 11.8. The fourth-order valence-electron chi connectivity index (χ4n) is 1.18. The van der Waals surface area contributed by atoms with Crippen LogP contribution in [0.5, 0.6) is 0 Å². The standard InChI is InChI=1S/C12H15NO4S/c14-10(12(16)17)6-13-11(15)8-18-7-9-4-2-1-3-5-9/h1-5,10,14H,6-8H2,(H,13,15)(H,16,17). The van der Waals surface area contributed by atoms with E-state index in [-0.39, 0.29) is 18.2 Å². The van der Waals surface area contributed by atoms with Gasteiger partial charge in [0.1, 0.15) is 0 Å². The summed E-state index contributed by atoms with van der Waals surface area (Å²) in [5.74, 6) is -0.666. The first kappa shape index (κ1) is 14.5. The second kappa shape index (κ2) is 7.73. The van der Waals surface area contributed by atoms with E-state index in [9.17, 15) is 9.59 Å². The van der Waals surface area contributed by atoms with Crippen LogP contribution in [0.1, 0.15) is 5.56 Å². The van der Waals surface area contributed by atoms with Gasteiger partial charge in [-0.05, 0) is 5.56 Å². The lowest BCUT2D eigenvalue weighted by atomic mass is 10.2. The van der Waals surface area contributed by atoms with Crippen molar-refractivity contribution in [2.24, 2.45) is 0 Å². The molecule has 0 aliphatic rings. The molecular weight excluding hydrogens is 254 g/mol. The summed E-state index contributed by atoms with van der Waals surface area (Å²) in [6, 6.07) is 9.73. The number of thioether (sulfide) groups is 1. The average Bonchev–Trinajstić information content (AvgIpc) is 2.37. The summed E-state index contributed by atoms with van der Waals surface area (Å²) >= 11 is 1.43. The van der Waals surface area contributed by atoms with E-state index in [1.165, 1.54) is 11.8 Å². The Bertz CT molecular complexity index is 396. The van der Waals surface area contributed by atoms with Gasteiger partial charge < -0.3 is 15.5 Å². The SMILES string of the molecule is O=C(CSCc1ccccc1)NCC(O)C(=O)O. The third-order valence-corrected chi connectivity index (χ3v) is 3.13. The Hall–Kier alpha value is -1.53. The van der Waals surface area contributed by atoms with E-state index in [1.54, 1.807) is 0 Å². The van der Waals surface area contributed by atoms with Crippen molar-refractivity contribution in [1.29, 1.82) is 0 Å². The monoisotopic (exact) mass is 269 g/mol. The molecule has 6 heteroatoms. The van der Waals surface area contributed by atoms with Gasteiger partial charge in [-0.15, -0.1) is 11.8 Å². The van der Waals surface area contributed by atoms with Gasteiger partial charge in [0, 0.05) is 5.75 Å². The van der Waals surface area contributed by atoms with Gasteiger partial charge in [-0.2, -0.15) is 0 Å². The molecule has 0 bridgehead atoms. The fourth-order valence-corrected chi connectivity index (χ4v) is 2.00. The van der Waals surface area contributed by atoms with Crippen LogP contribution in [-0.4, -0.2) is 40.5 Å². The first-order chi connectivity index (χ1) is 8.59. The van der Waals surface area contributed by atoms with Crippen molar-refractivity contribution in [2.45, 2.75) is 11.9 Å². The number of nitrogens with one attached hydrogen (secondary N) is 1. The molecule has 1 amide bonds. The van der Waals surface area contributed by atoms with Gasteiger partial charge in [0.15, 0.2) is 6.10 Å². The van der Waals surface area contributed by atoms with E-state index in [2.05, 4.69) is 5.32 Å². The molecule has 1 atom stereocenters. The van der Waals surface area contributed by atoms with Gasteiger partial charge in [-0.3, -0.25) is 4.79 Å². The second-order valence-corrected chi connectivity index (χ2v) is 4.62. The van der Waals surface area contributed by atoms with Gasteiger partial charge >= 0.3 is 5.97 Å². The number of benzene rings is 1. The van der Waals surface area contributed by atoms with E-state index >= 15 is 0 Å². The van der Waals surface area contributed by atoms with Crippen LogP contribution >= 0.6 is 11.8 Å². The molecule has 0 aliphatic carbocycles. The summed E-state index contributed by atoms with van der Waals surface area (Å²) < 4.78 is 0. The molecule has 0 fully saturated rings. The number of carboxylic acids is 1. The average molecular weight is 269 g/mol. The molecule has 0 saturated heterocycles. The number of rotatable bonds is 7. The van der Waals surface area contributed by atoms with E-state index in [4.69, 9.17) is 10.2 Å². The number of aliphatic hydroxyl groups is 1. The number of carboxylic acid groups (broad SMARTS) is 1. The van der Waals surface area contributed by atoms with Crippen molar-refractivity contribution in [1.82, 2.24) is 5.32 Å². The molecule has 0 aromatic heterocycles. The lowest BCUT2D eigenvalue weighted by molar-refractivity contribution is -0.146. The lowest BCUT2D eigenvalue weighted by Gasteiger charge is -2.07. The fraction of sp³-hybridized carbons (Fsp3) is 0.333. The molecule has 18 heavy (non-hydrogen) atoms. The zero-order valence-electron chi connectivity index (χ0n) is 9.70. The van der Waals surface area contributed by atoms with Gasteiger partial charge in [-0.1, -0.05) is 30.3 Å². The minimum absolute atomic E-state index is 0.237. The van der Waals surface area contributed by atoms with E-state index in [0.717, 1.165) is 11.3 Å². The Morgan fingerprint density at radius 1 is 1.28 bits per heavy atom. The zero-order chi connectivity index (χ0) is 13.4. The van der Waals surface area contributed by atoms with Crippen molar-refractivity contribution in [2.75, 3.05) is 12.3 Å². The molecule has 0 radical (unpaired) electrons. The summed E-state index contributed by atoms with van der Waals surface area (Å²) in [7, 11) is 0. The molecule has 1 aromatic carbocycles. The van der Waals surface area contributed by atoms with Crippen LogP contribution in [0.25, 0.3) is 0 Å². The molecule has 1 unspecified atom stereocenters. The molecule has 3 N–H and O–H groups in total. The summed E-state index contributed by atoms with van der Waals surface area (Å²) in [4.78, 5) is 21.6. The molecule has 0 aliphatic heterocycles. The van der Waals surface area contributed by atoms with Crippen molar-refractivity contribution in [3.63, 3.8) is 0 Å². The second-order valence-electron chi connectivity index (χ2n) is 3.64. The number of carbonyl (C=O) groups excluding carboxylic acids is 1. The highest BCUT2D eigenvalue weighted by Crippen LogP contribution is 2.10. The minimum Gasteiger partial charge on any atom is -0.479 e. The number of aliphatic carboxylic acids is 1. The summed E-state index contributed by atoms with van der Waals surface area (Å²) in [6.07, 6.45) is -1.55. The summed E-state index contributed by atoms with van der Waals surface area (Å²) in [6.45, 7) is -0.264. The smallest absolute Gasteiger partial charge is 0.334 e. The number of hydrogen-bond donors (Lipinski definition) is 3. The Labute approximate surface area is 109 Å². The van der Waals surface area contributed by atoms with Crippen molar-refractivity contribution >= 4 is 23.6 Å². The van der Waals surface area contributed by atoms with Crippen LogP contribution in [-0.2, 0) is 15.3 Å². The van der Waals surface area contributed by atoms with E-state index < -0.39 is 12.1 Å². The van der Waals surface area contributed by atoms with Gasteiger partial charge in [0.05, 0.1) is 12.3 Å². The highest BCUT2D eigenvalue weighted by Gasteiger charge is 2.13. The largest absolute Gasteiger partial charge is 0.479 e. The van der Waals surface area contributed by atoms with Gasteiger partial charge in [0.25, 0.3) is 0 Å². The third-order valence-electron chi connectivity index (χ3n) is 2.12. The minimum atomic E-state index is -1.55. The first-order valence-electron chi connectivity index (χ1n) is 5.39. The first-order valence-corrected chi connectivity index (χ1v) is 6.54. The highest BCUT2D eigenvalue weighted by molar-refractivity contribution is 7.99. The molecule has 0 saturated carbocycles. The molecule has 0 heterocycles.